The average Bonchev–Trinajstić information content (AvgIpc) is 3.40. The summed E-state index contributed by atoms with van der Waals surface area (Å²) in [5, 5.41) is 0. The van der Waals surface area contributed by atoms with Gasteiger partial charge in [0, 0.05) is 56.8 Å². The summed E-state index contributed by atoms with van der Waals surface area (Å²) in [5.74, 6) is -0.0115. The molecule has 2 fully saturated rings. The lowest BCUT2D eigenvalue weighted by Crippen LogP contribution is -2.43. The highest BCUT2D eigenvalue weighted by atomic mass is 19.1. The number of hydrogen-bond acceptors (Lipinski definition) is 6. The van der Waals surface area contributed by atoms with Gasteiger partial charge in [0.1, 0.15) is 11.9 Å². The minimum Gasteiger partial charge on any atom is -0.474 e. The summed E-state index contributed by atoms with van der Waals surface area (Å²) in [6.07, 6.45) is 4.75. The van der Waals surface area contributed by atoms with E-state index in [2.05, 4.69) is 4.98 Å². The van der Waals surface area contributed by atoms with Crippen LogP contribution in [-0.2, 0) is 16.0 Å². The first-order chi connectivity index (χ1) is 17.3. The number of carbonyl (C=O) groups is 2. The second kappa shape index (κ2) is 11.7. The van der Waals surface area contributed by atoms with Gasteiger partial charge in [0.05, 0.1) is 12.1 Å². The van der Waals surface area contributed by atoms with Gasteiger partial charge >= 0.3 is 6.09 Å². The molecule has 4 rings (SSSR count). The molecule has 2 aliphatic rings. The predicted octanol–water partition coefficient (Wildman–Crippen LogP) is 3.77. The first-order valence-electron chi connectivity index (χ1n) is 12.7. The van der Waals surface area contributed by atoms with Crippen molar-refractivity contribution in [2.45, 2.75) is 64.2 Å². The molecule has 3 heterocycles. The minimum atomic E-state index is -0.741. The molecule has 2 aromatic rings. The fraction of sp³-hybridized carbons (Fsp3) is 0.519. The molecule has 0 radical (unpaired) electrons. The van der Waals surface area contributed by atoms with E-state index in [1.54, 1.807) is 28.1 Å². The summed E-state index contributed by atoms with van der Waals surface area (Å²) in [6.45, 7) is 6.28. The van der Waals surface area contributed by atoms with Crippen LogP contribution in [0.25, 0.3) is 11.1 Å². The summed E-state index contributed by atoms with van der Waals surface area (Å²) >= 11 is 0. The van der Waals surface area contributed by atoms with Crippen LogP contribution >= 0.6 is 0 Å². The number of rotatable bonds is 7. The summed E-state index contributed by atoms with van der Waals surface area (Å²) in [4.78, 5) is 32.3. The Balaban J connectivity index is 1.30. The van der Waals surface area contributed by atoms with Crippen LogP contribution in [0.3, 0.4) is 0 Å². The van der Waals surface area contributed by atoms with E-state index in [-0.39, 0.29) is 36.4 Å². The summed E-state index contributed by atoms with van der Waals surface area (Å²) < 4.78 is 26.1. The van der Waals surface area contributed by atoms with Crippen LogP contribution in [0, 0.1) is 5.82 Å². The van der Waals surface area contributed by atoms with Crippen LogP contribution in [-0.4, -0.2) is 71.2 Å². The zero-order valence-corrected chi connectivity index (χ0v) is 21.0. The number of nitrogens with zero attached hydrogens (tertiary/aromatic N) is 3. The number of aromatic nitrogens is 1. The quantitative estimate of drug-likeness (QED) is 0.624. The fourth-order valence-corrected chi connectivity index (χ4v) is 4.61. The van der Waals surface area contributed by atoms with Gasteiger partial charge in [-0.05, 0) is 56.4 Å². The molecule has 0 aliphatic carbocycles. The molecule has 9 heteroatoms. The molecule has 194 valence electrons. The van der Waals surface area contributed by atoms with Gasteiger partial charge in [0.2, 0.25) is 11.8 Å². The van der Waals surface area contributed by atoms with Gasteiger partial charge in [-0.1, -0.05) is 12.1 Å². The van der Waals surface area contributed by atoms with E-state index in [9.17, 15) is 14.0 Å². The topological polar surface area (TPSA) is 98.0 Å². The summed E-state index contributed by atoms with van der Waals surface area (Å²) in [5.41, 5.74) is 7.95. The second-order valence-electron chi connectivity index (χ2n) is 9.77. The van der Waals surface area contributed by atoms with Crippen molar-refractivity contribution in [3.8, 4) is 17.0 Å². The van der Waals surface area contributed by atoms with Crippen molar-refractivity contribution < 1.29 is 23.5 Å². The number of ether oxygens (including phenoxy) is 2. The Bertz CT molecular complexity index is 1050. The van der Waals surface area contributed by atoms with E-state index in [0.717, 1.165) is 31.5 Å². The van der Waals surface area contributed by atoms with Crippen LogP contribution < -0.4 is 10.5 Å². The number of halogens is 1. The lowest BCUT2D eigenvalue weighted by atomic mass is 10.0. The molecule has 2 N–H and O–H groups in total. The Kier molecular flexibility index (Phi) is 8.40. The van der Waals surface area contributed by atoms with Crippen LogP contribution in [0.5, 0.6) is 5.88 Å². The monoisotopic (exact) mass is 498 g/mol. The molecular formula is C27H35FN4O4. The standard InChI is InChI=1S/C27H35FN4O4/c1-18(2)35-27(34)32-13-9-22(10-14-32)36-25-8-7-21(17-30-25)19-5-6-20(23(28)15-19)16-24(29)26(33)31-11-3-4-12-31/h5-8,15,17-18,22,24H,3-4,9-14,16,29H2,1-2H3. The second-order valence-corrected chi connectivity index (χ2v) is 9.77. The highest BCUT2D eigenvalue weighted by Crippen LogP contribution is 2.25. The van der Waals surface area contributed by atoms with Gasteiger partial charge in [-0.3, -0.25) is 4.79 Å². The van der Waals surface area contributed by atoms with Crippen molar-refractivity contribution in [3.05, 3.63) is 47.9 Å². The molecule has 2 saturated heterocycles. The molecule has 8 nitrogen and oxygen atoms in total. The molecule has 0 spiro atoms. The van der Waals surface area contributed by atoms with Crippen molar-refractivity contribution in [2.75, 3.05) is 26.2 Å². The van der Waals surface area contributed by atoms with Gasteiger partial charge in [-0.2, -0.15) is 0 Å². The maximum Gasteiger partial charge on any atom is 0.410 e. The highest BCUT2D eigenvalue weighted by molar-refractivity contribution is 5.82. The van der Waals surface area contributed by atoms with E-state index in [0.29, 0.717) is 42.9 Å². The Labute approximate surface area is 211 Å². The predicted molar refractivity (Wildman–Crippen MR) is 134 cm³/mol. The fourth-order valence-electron chi connectivity index (χ4n) is 4.61. The smallest absolute Gasteiger partial charge is 0.410 e. The molecule has 2 amide bonds. The number of piperidine rings is 1. The first-order valence-corrected chi connectivity index (χ1v) is 12.7. The molecule has 1 aromatic carbocycles. The number of amides is 2. The van der Waals surface area contributed by atoms with Crippen molar-refractivity contribution in [1.29, 1.82) is 0 Å². The minimum absolute atomic E-state index is 0.0318. The van der Waals surface area contributed by atoms with Gasteiger partial charge in [-0.15, -0.1) is 0 Å². The SMILES string of the molecule is CC(C)OC(=O)N1CCC(Oc2ccc(-c3ccc(CC(N)C(=O)N4CCCC4)c(F)c3)cn2)CC1. The van der Waals surface area contributed by atoms with E-state index >= 15 is 0 Å². The average molecular weight is 499 g/mol. The number of pyridine rings is 1. The number of hydrogen-bond donors (Lipinski definition) is 1. The Morgan fingerprint density at radius 3 is 2.36 bits per heavy atom. The maximum atomic E-state index is 14.8. The van der Waals surface area contributed by atoms with Gasteiger partial charge in [0.15, 0.2) is 0 Å². The van der Waals surface area contributed by atoms with E-state index in [1.807, 2.05) is 26.0 Å². The normalized spacial score (nSPS) is 17.4. The molecule has 36 heavy (non-hydrogen) atoms. The van der Waals surface area contributed by atoms with Crippen molar-refractivity contribution in [3.63, 3.8) is 0 Å². The Morgan fingerprint density at radius 1 is 1.06 bits per heavy atom. The lowest BCUT2D eigenvalue weighted by molar-refractivity contribution is -0.131. The van der Waals surface area contributed by atoms with Crippen LogP contribution in [0.1, 0.15) is 45.1 Å². The Morgan fingerprint density at radius 2 is 1.75 bits per heavy atom. The Hall–Kier alpha value is -3.20. The van der Waals surface area contributed by atoms with Gasteiger partial charge < -0.3 is 25.0 Å². The molecule has 1 unspecified atom stereocenters. The lowest BCUT2D eigenvalue weighted by Gasteiger charge is -2.31. The molecule has 0 saturated carbocycles. The number of carbonyl (C=O) groups excluding carboxylic acids is 2. The molecule has 1 atom stereocenters. The third-order valence-electron chi connectivity index (χ3n) is 6.62. The highest BCUT2D eigenvalue weighted by Gasteiger charge is 2.26. The number of nitrogens with two attached hydrogens (primary N) is 1. The van der Waals surface area contributed by atoms with Crippen LogP contribution in [0.2, 0.25) is 0 Å². The van der Waals surface area contributed by atoms with E-state index in [1.165, 1.54) is 6.07 Å². The first kappa shape index (κ1) is 25.9. The van der Waals surface area contributed by atoms with E-state index in [4.69, 9.17) is 15.2 Å². The largest absolute Gasteiger partial charge is 0.474 e. The molecular weight excluding hydrogens is 463 g/mol. The van der Waals surface area contributed by atoms with Crippen LogP contribution in [0.4, 0.5) is 9.18 Å². The number of likely N-dealkylation sites (tertiary alicyclic amines) is 2. The van der Waals surface area contributed by atoms with Crippen LogP contribution in [0.15, 0.2) is 36.5 Å². The van der Waals surface area contributed by atoms with Gasteiger partial charge in [-0.25, -0.2) is 14.2 Å². The van der Waals surface area contributed by atoms with Crippen molar-refractivity contribution in [1.82, 2.24) is 14.8 Å². The van der Waals surface area contributed by atoms with Crippen molar-refractivity contribution in [2.24, 2.45) is 5.73 Å². The zero-order chi connectivity index (χ0) is 25.7. The van der Waals surface area contributed by atoms with E-state index < -0.39 is 6.04 Å². The zero-order valence-electron chi connectivity index (χ0n) is 21.0. The maximum absolute atomic E-state index is 14.8. The molecule has 0 bridgehead atoms. The third kappa shape index (κ3) is 6.51. The van der Waals surface area contributed by atoms with Crippen molar-refractivity contribution >= 4 is 12.0 Å². The molecule has 2 aliphatic heterocycles. The third-order valence-corrected chi connectivity index (χ3v) is 6.62. The molecule has 1 aromatic heterocycles. The van der Waals surface area contributed by atoms with Gasteiger partial charge in [0.25, 0.3) is 0 Å². The number of benzene rings is 1. The summed E-state index contributed by atoms with van der Waals surface area (Å²) in [7, 11) is 0. The summed E-state index contributed by atoms with van der Waals surface area (Å²) in [6, 6.07) is 7.82.